The van der Waals surface area contributed by atoms with Crippen LogP contribution in [0.1, 0.15) is 125 Å². The van der Waals surface area contributed by atoms with E-state index < -0.39 is 15.1 Å². The number of ether oxygens (including phenoxy) is 5. The van der Waals surface area contributed by atoms with Crippen LogP contribution >= 0.6 is 42.6 Å². The van der Waals surface area contributed by atoms with Crippen molar-refractivity contribution in [2.24, 2.45) is 0 Å². The van der Waals surface area contributed by atoms with E-state index in [1.165, 1.54) is 69.7 Å². The van der Waals surface area contributed by atoms with Gasteiger partial charge in [0.15, 0.2) is 0 Å². The topological polar surface area (TPSA) is 89.9 Å². The predicted molar refractivity (Wildman–Crippen MR) is 272 cm³/mol. The summed E-state index contributed by atoms with van der Waals surface area (Å²) < 4.78 is 23.2. The number of terminal acetylenes is 2. The number of hydrogen-bond donors (Lipinski definition) is 1. The van der Waals surface area contributed by atoms with Crippen molar-refractivity contribution >= 4 is 59.2 Å². The van der Waals surface area contributed by atoms with Crippen LogP contribution in [-0.2, 0) is 43.6 Å². The van der Waals surface area contributed by atoms with E-state index in [4.69, 9.17) is 58.4 Å². The molecule has 0 saturated carbocycles. The minimum absolute atomic E-state index is 0.292. The zero-order chi connectivity index (χ0) is 48.9. The van der Waals surface area contributed by atoms with Gasteiger partial charge in [0.25, 0.3) is 0 Å². The van der Waals surface area contributed by atoms with E-state index in [0.29, 0.717) is 26.3 Å². The SMILES string of the molecule is C#CCCCCCCCCO.C#CCCCCCCCCOCOC.CC(=O)Cl.CCN(CC)c1ccccc1.CCN(CC)c1ccccc1.COCCl.COCOC.[Cl][Zn][Cl]. The van der Waals surface area contributed by atoms with Crippen molar-refractivity contribution < 1.29 is 48.7 Å². The average molecular weight is 1020 g/mol. The van der Waals surface area contributed by atoms with Crippen molar-refractivity contribution in [3.63, 3.8) is 0 Å². The number of methoxy groups -OCH3 is 4. The van der Waals surface area contributed by atoms with Crippen molar-refractivity contribution in [3.8, 4) is 24.7 Å². The molecule has 2 rings (SSSR count). The number of hydrogen-bond acceptors (Lipinski definition) is 9. The molecule has 0 aliphatic rings. The summed E-state index contributed by atoms with van der Waals surface area (Å²) in [7, 11) is 16.3. The van der Waals surface area contributed by atoms with Crippen LogP contribution in [0, 0.1) is 24.7 Å². The van der Waals surface area contributed by atoms with Gasteiger partial charge in [-0.25, -0.2) is 0 Å². The number of alkyl halides is 1. The number of rotatable bonds is 26. The molecule has 0 aliphatic carbocycles. The molecule has 14 heteroatoms. The van der Waals surface area contributed by atoms with Crippen LogP contribution in [0.5, 0.6) is 0 Å². The molecular formula is C49H86Cl4N2O7Zn. The minimum atomic E-state index is -0.931. The van der Waals surface area contributed by atoms with Gasteiger partial charge in [0.1, 0.15) is 19.7 Å². The molecule has 9 nitrogen and oxygen atoms in total. The Labute approximate surface area is 412 Å². The molecule has 2 aromatic rings. The third-order valence-electron chi connectivity index (χ3n) is 7.90. The molecule has 364 valence electrons. The molecule has 0 aromatic heterocycles. The monoisotopic (exact) mass is 1020 g/mol. The first-order chi connectivity index (χ1) is 30.6. The first-order valence-corrected chi connectivity index (χ1v) is 30.7. The summed E-state index contributed by atoms with van der Waals surface area (Å²) in [4.78, 5) is 13.9. The van der Waals surface area contributed by atoms with E-state index in [0.717, 1.165) is 71.3 Å². The van der Waals surface area contributed by atoms with E-state index in [1.807, 2.05) is 12.1 Å². The molecule has 0 bridgehead atoms. The van der Waals surface area contributed by atoms with Gasteiger partial charge in [0.05, 0.1) is 0 Å². The zero-order valence-corrected chi connectivity index (χ0v) is 46.7. The molecule has 0 aliphatic heterocycles. The first-order valence-electron chi connectivity index (χ1n) is 22.0. The summed E-state index contributed by atoms with van der Waals surface area (Å²) in [6, 6.07) is 21.3. The summed E-state index contributed by atoms with van der Waals surface area (Å²) in [6.45, 7) is 16.3. The molecule has 0 amide bonds. The Morgan fingerprint density at radius 3 is 1.16 bits per heavy atom. The van der Waals surface area contributed by atoms with Crippen LogP contribution in [0.25, 0.3) is 0 Å². The molecule has 0 atom stereocenters. The fraction of sp³-hybridized carbons (Fsp3) is 0.653. The van der Waals surface area contributed by atoms with Gasteiger partial charge in [-0.05, 0) is 89.2 Å². The zero-order valence-electron chi connectivity index (χ0n) is 40.7. The molecule has 0 saturated heterocycles. The Morgan fingerprint density at radius 1 is 0.603 bits per heavy atom. The quantitative estimate of drug-likeness (QED) is 0.0247. The van der Waals surface area contributed by atoms with Crippen LogP contribution in [-0.4, -0.2) is 97.8 Å². The number of carbonyl (C=O) groups is 1. The number of para-hydroxylation sites is 2. The Balaban J connectivity index is -0.000000155. The summed E-state index contributed by atoms with van der Waals surface area (Å²) >= 11 is 8.67. The number of benzene rings is 2. The summed E-state index contributed by atoms with van der Waals surface area (Å²) in [6.07, 6.45) is 26.6. The third kappa shape index (κ3) is 75.0. The normalized spacial score (nSPS) is 8.95. The number of anilines is 2. The fourth-order valence-corrected chi connectivity index (χ4v) is 4.90. The Kier molecular flexibility index (Phi) is 83.4. The maximum absolute atomic E-state index is 9.21. The van der Waals surface area contributed by atoms with Crippen LogP contribution in [0.2, 0.25) is 0 Å². The van der Waals surface area contributed by atoms with E-state index >= 15 is 0 Å². The van der Waals surface area contributed by atoms with Gasteiger partial charge in [-0.3, -0.25) is 4.79 Å². The van der Waals surface area contributed by atoms with E-state index in [2.05, 4.69) is 124 Å². The maximum atomic E-state index is 9.21. The Hall–Kier alpha value is -1.63. The predicted octanol–water partition coefficient (Wildman–Crippen LogP) is 13.6. The van der Waals surface area contributed by atoms with Gasteiger partial charge < -0.3 is 38.6 Å². The van der Waals surface area contributed by atoms with Gasteiger partial charge >= 0.3 is 34.5 Å². The number of unbranched alkanes of at least 4 members (excludes halogenated alkanes) is 12. The molecule has 0 fully saturated rings. The number of carbonyl (C=O) groups excluding carboxylic acids is 1. The first kappa shape index (κ1) is 73.0. The van der Waals surface area contributed by atoms with Gasteiger partial charge in [-0.1, -0.05) is 99.4 Å². The molecule has 0 spiro atoms. The molecule has 2 aromatic carbocycles. The molecule has 1 N–H and O–H groups in total. The van der Waals surface area contributed by atoms with Crippen LogP contribution < -0.4 is 9.80 Å². The second-order valence-corrected chi connectivity index (χ2v) is 18.2. The van der Waals surface area contributed by atoms with Crippen LogP contribution in [0.15, 0.2) is 60.7 Å². The number of aliphatic hydroxyl groups is 1. The van der Waals surface area contributed by atoms with Crippen LogP contribution in [0.4, 0.5) is 11.4 Å². The Morgan fingerprint density at radius 2 is 0.905 bits per heavy atom. The average Bonchev–Trinajstić information content (AvgIpc) is 3.30. The second-order valence-electron chi connectivity index (χ2n) is 12.9. The van der Waals surface area contributed by atoms with Gasteiger partial charge in [-0.15, -0.1) is 24.7 Å². The van der Waals surface area contributed by atoms with Crippen molar-refractivity contribution in [3.05, 3.63) is 60.7 Å². The van der Waals surface area contributed by atoms with Crippen molar-refractivity contribution in [2.45, 2.75) is 125 Å². The molecule has 0 heterocycles. The molecular weight excluding hydrogens is 936 g/mol. The van der Waals surface area contributed by atoms with Crippen molar-refractivity contribution in [2.75, 3.05) is 97.3 Å². The van der Waals surface area contributed by atoms with E-state index in [-0.39, 0.29) is 5.24 Å². The molecule has 63 heavy (non-hydrogen) atoms. The van der Waals surface area contributed by atoms with E-state index in [1.54, 1.807) is 28.4 Å². The van der Waals surface area contributed by atoms with Crippen molar-refractivity contribution in [1.82, 2.24) is 0 Å². The molecule has 0 radical (unpaired) electrons. The molecule has 0 unspecified atom stereocenters. The van der Waals surface area contributed by atoms with E-state index in [9.17, 15) is 4.79 Å². The Bertz CT molecular complexity index is 1100. The summed E-state index contributed by atoms with van der Waals surface area (Å²) in [5.41, 5.74) is 2.63. The number of aliphatic hydroxyl groups excluding tert-OH is 1. The number of halogens is 4. The summed E-state index contributed by atoms with van der Waals surface area (Å²) in [5, 5.41) is 8.12. The van der Waals surface area contributed by atoms with Gasteiger partial charge in [-0.2, -0.15) is 0 Å². The summed E-state index contributed by atoms with van der Waals surface area (Å²) in [5.74, 6) is 5.29. The van der Waals surface area contributed by atoms with Crippen molar-refractivity contribution in [1.29, 1.82) is 0 Å². The van der Waals surface area contributed by atoms with Crippen LogP contribution in [0.3, 0.4) is 0 Å². The third-order valence-corrected chi connectivity index (χ3v) is 8.12. The number of nitrogens with zero attached hydrogens (tertiary/aromatic N) is 2. The standard InChI is InChI=1S/C12H22O2.2C10H15N.C10H18O.C3H8O2.C2H5ClO.C2H3ClO.2ClH.Zn/c1-3-4-5-6-7-8-9-10-11-14-12-13-2;2*1-3-11(4-2)10-8-6-5-7-9-10;1-2-3-4-5-6-7-8-9-10-11;1-4-3-5-2;1-4-2-3;1-2(3)4;;;/h1H,4-12H2,2H3;2*5-9H,3-4H2,1-2H3;1,11H,3-10H2;3H2,1-2H3;2H2,1H3;1H3;2*1H;/q;;;;;;;;;+2/p-2. The van der Waals surface area contributed by atoms with Gasteiger partial charge in [0, 0.05) is 99.0 Å². The second kappa shape index (κ2) is 72.0. The fourth-order valence-electron chi connectivity index (χ4n) is 4.90. The van der Waals surface area contributed by atoms with Gasteiger partial charge in [0.2, 0.25) is 5.24 Å².